The molecule has 74 valence electrons. The average Bonchev–Trinajstić information content (AvgIpc) is 2.60. The summed E-state index contributed by atoms with van der Waals surface area (Å²) in [6.07, 6.45) is 3.96. The summed E-state index contributed by atoms with van der Waals surface area (Å²) >= 11 is 0. The highest BCUT2D eigenvalue weighted by atomic mass is 16.3. The van der Waals surface area contributed by atoms with Crippen molar-refractivity contribution >= 4 is 5.65 Å². The zero-order chi connectivity index (χ0) is 9.80. The van der Waals surface area contributed by atoms with Crippen LogP contribution >= 0.6 is 0 Å². The van der Waals surface area contributed by atoms with Gasteiger partial charge in [0.25, 0.3) is 0 Å². The third kappa shape index (κ3) is 1.92. The normalized spacial score (nSPS) is 10.9. The van der Waals surface area contributed by atoms with Crippen LogP contribution in [0.3, 0.4) is 0 Å². The predicted molar refractivity (Wildman–Crippen MR) is 54.0 cm³/mol. The Bertz CT molecular complexity index is 377. The molecule has 0 fully saturated rings. The summed E-state index contributed by atoms with van der Waals surface area (Å²) in [5.74, 6) is 0. The molecule has 4 nitrogen and oxygen atoms in total. The van der Waals surface area contributed by atoms with E-state index >= 15 is 0 Å². The van der Waals surface area contributed by atoms with E-state index in [-0.39, 0.29) is 6.61 Å². The summed E-state index contributed by atoms with van der Waals surface area (Å²) in [4.78, 5) is 4.40. The smallest absolute Gasteiger partial charge is 0.137 e. The average molecular weight is 191 g/mol. The van der Waals surface area contributed by atoms with E-state index in [1.165, 1.54) is 0 Å². The van der Waals surface area contributed by atoms with Crippen LogP contribution in [0.1, 0.15) is 5.69 Å². The molecule has 0 radical (unpaired) electrons. The lowest BCUT2D eigenvalue weighted by Gasteiger charge is -1.96. The van der Waals surface area contributed by atoms with E-state index in [0.29, 0.717) is 13.1 Å². The van der Waals surface area contributed by atoms with Crippen molar-refractivity contribution in [1.82, 2.24) is 14.7 Å². The first-order valence-corrected chi connectivity index (χ1v) is 4.64. The Morgan fingerprint density at radius 1 is 1.43 bits per heavy atom. The summed E-state index contributed by atoms with van der Waals surface area (Å²) < 4.78 is 1.98. The molecule has 0 spiro atoms. The molecule has 0 saturated heterocycles. The molecule has 0 amide bonds. The second-order valence-corrected chi connectivity index (χ2v) is 3.10. The van der Waals surface area contributed by atoms with Gasteiger partial charge in [0.1, 0.15) is 5.65 Å². The molecule has 0 aromatic carbocycles. The molecule has 2 rings (SSSR count). The van der Waals surface area contributed by atoms with Crippen LogP contribution in [0.2, 0.25) is 0 Å². The van der Waals surface area contributed by atoms with Crippen molar-refractivity contribution in [3.63, 3.8) is 0 Å². The van der Waals surface area contributed by atoms with Crippen molar-refractivity contribution in [2.75, 3.05) is 13.2 Å². The van der Waals surface area contributed by atoms with E-state index in [9.17, 15) is 0 Å². The molecule has 14 heavy (non-hydrogen) atoms. The largest absolute Gasteiger partial charge is 0.395 e. The van der Waals surface area contributed by atoms with Crippen LogP contribution in [0.25, 0.3) is 5.65 Å². The first-order valence-electron chi connectivity index (χ1n) is 4.64. The van der Waals surface area contributed by atoms with Crippen molar-refractivity contribution in [2.24, 2.45) is 0 Å². The standard InChI is InChI=1S/C10H13N3O/c14-6-4-11-7-9-8-13-5-2-1-3-10(13)12-9/h1-3,5,8,11,14H,4,6-7H2. The van der Waals surface area contributed by atoms with Crippen LogP contribution in [0.15, 0.2) is 30.6 Å². The van der Waals surface area contributed by atoms with E-state index in [4.69, 9.17) is 5.11 Å². The molecule has 4 heteroatoms. The van der Waals surface area contributed by atoms with Gasteiger partial charge in [-0.05, 0) is 12.1 Å². The molecular formula is C10H13N3O. The molecule has 0 atom stereocenters. The summed E-state index contributed by atoms with van der Waals surface area (Å²) in [7, 11) is 0. The van der Waals surface area contributed by atoms with Crippen LogP contribution in [0.4, 0.5) is 0 Å². The van der Waals surface area contributed by atoms with E-state index < -0.39 is 0 Å². The number of nitrogens with one attached hydrogen (secondary N) is 1. The maximum atomic E-state index is 8.60. The van der Waals surface area contributed by atoms with Gasteiger partial charge in [-0.2, -0.15) is 0 Å². The van der Waals surface area contributed by atoms with E-state index in [1.807, 2.05) is 35.0 Å². The van der Waals surface area contributed by atoms with Crippen LogP contribution < -0.4 is 5.32 Å². The lowest BCUT2D eigenvalue weighted by molar-refractivity contribution is 0.291. The Morgan fingerprint density at radius 2 is 2.36 bits per heavy atom. The summed E-state index contributed by atoms with van der Waals surface area (Å²) in [5.41, 5.74) is 1.94. The minimum atomic E-state index is 0.160. The highest BCUT2D eigenvalue weighted by Gasteiger charge is 1.98. The molecule has 0 unspecified atom stereocenters. The molecule has 0 bridgehead atoms. The number of pyridine rings is 1. The number of aromatic nitrogens is 2. The number of imidazole rings is 1. The van der Waals surface area contributed by atoms with Crippen molar-refractivity contribution in [1.29, 1.82) is 0 Å². The maximum absolute atomic E-state index is 8.60. The number of hydrogen-bond donors (Lipinski definition) is 2. The highest BCUT2D eigenvalue weighted by Crippen LogP contribution is 2.03. The number of aliphatic hydroxyl groups is 1. The predicted octanol–water partition coefficient (Wildman–Crippen LogP) is 0.416. The van der Waals surface area contributed by atoms with Crippen molar-refractivity contribution in [3.8, 4) is 0 Å². The molecule has 2 heterocycles. The number of aliphatic hydroxyl groups excluding tert-OH is 1. The number of fused-ring (bicyclic) bond motifs is 1. The van der Waals surface area contributed by atoms with Gasteiger partial charge in [-0.3, -0.25) is 0 Å². The van der Waals surface area contributed by atoms with Crippen molar-refractivity contribution in [2.45, 2.75) is 6.54 Å². The molecule has 2 aromatic rings. The van der Waals surface area contributed by atoms with Crippen molar-refractivity contribution in [3.05, 3.63) is 36.3 Å². The van der Waals surface area contributed by atoms with Gasteiger partial charge in [0.2, 0.25) is 0 Å². The Balaban J connectivity index is 2.11. The SMILES string of the molecule is OCCNCc1cn2ccccc2n1. The zero-order valence-electron chi connectivity index (χ0n) is 7.85. The minimum Gasteiger partial charge on any atom is -0.395 e. The molecule has 0 saturated carbocycles. The fourth-order valence-corrected chi connectivity index (χ4v) is 1.37. The molecule has 0 aliphatic carbocycles. The maximum Gasteiger partial charge on any atom is 0.137 e. The highest BCUT2D eigenvalue weighted by molar-refractivity contribution is 5.39. The molecule has 2 N–H and O–H groups in total. The number of nitrogens with zero attached hydrogens (tertiary/aromatic N) is 2. The van der Waals surface area contributed by atoms with Gasteiger partial charge < -0.3 is 14.8 Å². The minimum absolute atomic E-state index is 0.160. The molecule has 2 aromatic heterocycles. The molecule has 0 aliphatic heterocycles. The third-order valence-corrected chi connectivity index (χ3v) is 2.01. The van der Waals surface area contributed by atoms with Gasteiger partial charge in [-0.15, -0.1) is 0 Å². The lowest BCUT2D eigenvalue weighted by atomic mass is 10.4. The van der Waals surface area contributed by atoms with E-state index in [0.717, 1.165) is 11.3 Å². The third-order valence-electron chi connectivity index (χ3n) is 2.01. The molecular weight excluding hydrogens is 178 g/mol. The first-order chi connectivity index (χ1) is 6.90. The van der Waals surface area contributed by atoms with Gasteiger partial charge in [0.15, 0.2) is 0 Å². The van der Waals surface area contributed by atoms with E-state index in [2.05, 4.69) is 10.3 Å². The zero-order valence-corrected chi connectivity index (χ0v) is 7.85. The van der Waals surface area contributed by atoms with Crippen LogP contribution in [-0.4, -0.2) is 27.6 Å². The monoisotopic (exact) mass is 191 g/mol. The first kappa shape index (κ1) is 9.18. The van der Waals surface area contributed by atoms with Gasteiger partial charge in [-0.25, -0.2) is 4.98 Å². The second kappa shape index (κ2) is 4.21. The second-order valence-electron chi connectivity index (χ2n) is 3.10. The summed E-state index contributed by atoms with van der Waals surface area (Å²) in [6.45, 7) is 1.46. The molecule has 0 aliphatic rings. The Kier molecular flexibility index (Phi) is 2.76. The van der Waals surface area contributed by atoms with Crippen LogP contribution in [-0.2, 0) is 6.54 Å². The lowest BCUT2D eigenvalue weighted by Crippen LogP contribution is -2.17. The number of hydrogen-bond acceptors (Lipinski definition) is 3. The van der Waals surface area contributed by atoms with Gasteiger partial charge in [-0.1, -0.05) is 6.07 Å². The van der Waals surface area contributed by atoms with E-state index in [1.54, 1.807) is 0 Å². The van der Waals surface area contributed by atoms with Crippen molar-refractivity contribution < 1.29 is 5.11 Å². The van der Waals surface area contributed by atoms with Crippen LogP contribution in [0, 0.1) is 0 Å². The van der Waals surface area contributed by atoms with Crippen LogP contribution in [0.5, 0.6) is 0 Å². The Morgan fingerprint density at radius 3 is 3.14 bits per heavy atom. The quantitative estimate of drug-likeness (QED) is 0.688. The Labute approximate surface area is 82.2 Å². The topological polar surface area (TPSA) is 49.6 Å². The fraction of sp³-hybridized carbons (Fsp3) is 0.300. The van der Waals surface area contributed by atoms with Gasteiger partial charge in [0.05, 0.1) is 12.3 Å². The summed E-state index contributed by atoms with van der Waals surface area (Å²) in [6, 6.07) is 5.91. The fourth-order valence-electron chi connectivity index (χ4n) is 1.37. The van der Waals surface area contributed by atoms with Gasteiger partial charge >= 0.3 is 0 Å². The Hall–Kier alpha value is -1.39. The summed E-state index contributed by atoms with van der Waals surface area (Å²) in [5, 5.41) is 11.7. The van der Waals surface area contributed by atoms with Gasteiger partial charge in [0, 0.05) is 25.5 Å². The number of rotatable bonds is 4.